The Morgan fingerprint density at radius 2 is 1.89 bits per heavy atom. The zero-order valence-electron chi connectivity index (χ0n) is 17.6. The van der Waals surface area contributed by atoms with Gasteiger partial charge in [0.2, 0.25) is 5.91 Å². The first kappa shape index (κ1) is 20.6. The topological polar surface area (TPSA) is 55.2 Å². The van der Waals surface area contributed by atoms with Crippen LogP contribution in [-0.2, 0) is 11.3 Å². The van der Waals surface area contributed by atoms with Crippen molar-refractivity contribution in [1.82, 2.24) is 14.5 Å². The van der Waals surface area contributed by atoms with Crippen LogP contribution in [0.2, 0.25) is 0 Å². The molecular formula is C23H33N3O2. The molecule has 1 aromatic heterocycles. The molecule has 0 saturated heterocycles. The van der Waals surface area contributed by atoms with E-state index < -0.39 is 0 Å². The average Bonchev–Trinajstić information content (AvgIpc) is 3.22. The molecule has 1 aliphatic rings. The van der Waals surface area contributed by atoms with Gasteiger partial charge in [-0.1, -0.05) is 38.8 Å². The molecule has 28 heavy (non-hydrogen) atoms. The highest BCUT2D eigenvalue weighted by Crippen LogP contribution is 2.30. The highest BCUT2D eigenvalue weighted by molar-refractivity contribution is 5.80. The number of carbonyl (C=O) groups is 1. The molecule has 1 fully saturated rings. The van der Waals surface area contributed by atoms with Gasteiger partial charge in [-0.15, -0.1) is 0 Å². The van der Waals surface area contributed by atoms with E-state index >= 15 is 0 Å². The van der Waals surface area contributed by atoms with Crippen LogP contribution in [0.4, 0.5) is 0 Å². The van der Waals surface area contributed by atoms with Crippen LogP contribution in [0, 0.1) is 11.8 Å². The van der Waals surface area contributed by atoms with E-state index in [0.29, 0.717) is 35.7 Å². The van der Waals surface area contributed by atoms with Crippen molar-refractivity contribution in [2.75, 3.05) is 6.54 Å². The summed E-state index contributed by atoms with van der Waals surface area (Å²) in [5.74, 6) is 1.57. The van der Waals surface area contributed by atoms with Gasteiger partial charge in [0.25, 0.3) is 5.56 Å². The van der Waals surface area contributed by atoms with Crippen LogP contribution in [0.1, 0.15) is 71.7 Å². The third-order valence-electron chi connectivity index (χ3n) is 5.98. The predicted molar refractivity (Wildman–Crippen MR) is 113 cm³/mol. The number of hydrogen-bond donors (Lipinski definition) is 0. The molecule has 0 aliphatic heterocycles. The highest BCUT2D eigenvalue weighted by Gasteiger charge is 2.32. The van der Waals surface area contributed by atoms with E-state index in [2.05, 4.69) is 13.8 Å². The van der Waals surface area contributed by atoms with Gasteiger partial charge >= 0.3 is 0 Å². The van der Waals surface area contributed by atoms with E-state index in [0.717, 1.165) is 32.1 Å². The van der Waals surface area contributed by atoms with E-state index in [1.807, 2.05) is 43.0 Å². The molecule has 1 atom stereocenters. The molecule has 1 unspecified atom stereocenters. The number of nitrogens with zero attached hydrogens (tertiary/aromatic N) is 3. The first-order chi connectivity index (χ1) is 13.4. The van der Waals surface area contributed by atoms with Crippen LogP contribution in [0.25, 0.3) is 10.9 Å². The molecule has 152 valence electrons. The van der Waals surface area contributed by atoms with Crippen LogP contribution in [0.3, 0.4) is 0 Å². The lowest BCUT2D eigenvalue weighted by atomic mass is 10.0. The van der Waals surface area contributed by atoms with Crippen LogP contribution in [0.5, 0.6) is 0 Å². The fourth-order valence-electron chi connectivity index (χ4n) is 4.25. The molecule has 0 radical (unpaired) electrons. The van der Waals surface area contributed by atoms with Crippen molar-refractivity contribution >= 4 is 16.8 Å². The van der Waals surface area contributed by atoms with Crippen LogP contribution in [0.15, 0.2) is 29.1 Å². The lowest BCUT2D eigenvalue weighted by Crippen LogP contribution is -2.41. The van der Waals surface area contributed by atoms with E-state index in [1.165, 1.54) is 0 Å². The summed E-state index contributed by atoms with van der Waals surface area (Å²) >= 11 is 0. The Balaban J connectivity index is 2.02. The molecule has 0 bridgehead atoms. The molecule has 1 amide bonds. The summed E-state index contributed by atoms with van der Waals surface area (Å²) in [5, 5.41) is 0.635. The van der Waals surface area contributed by atoms with Gasteiger partial charge < -0.3 is 4.90 Å². The Morgan fingerprint density at radius 1 is 1.21 bits per heavy atom. The second-order valence-electron chi connectivity index (χ2n) is 8.41. The number of fused-ring (bicyclic) bond motifs is 1. The van der Waals surface area contributed by atoms with E-state index in [-0.39, 0.29) is 23.4 Å². The summed E-state index contributed by atoms with van der Waals surface area (Å²) in [6.45, 7) is 9.60. The molecule has 1 heterocycles. The van der Waals surface area contributed by atoms with Gasteiger partial charge in [0.15, 0.2) is 0 Å². The first-order valence-electron chi connectivity index (χ1n) is 10.7. The zero-order chi connectivity index (χ0) is 20.3. The van der Waals surface area contributed by atoms with Crippen molar-refractivity contribution in [1.29, 1.82) is 0 Å². The maximum atomic E-state index is 13.3. The minimum absolute atomic E-state index is 0.0212. The second kappa shape index (κ2) is 8.89. The summed E-state index contributed by atoms with van der Waals surface area (Å²) in [5.41, 5.74) is 0.684. The Bertz CT molecular complexity index is 881. The van der Waals surface area contributed by atoms with Crippen molar-refractivity contribution < 1.29 is 4.79 Å². The minimum Gasteiger partial charge on any atom is -0.333 e. The number of hydrogen-bond acceptors (Lipinski definition) is 3. The fourth-order valence-corrected chi connectivity index (χ4v) is 4.25. The van der Waals surface area contributed by atoms with Crippen molar-refractivity contribution in [3.05, 3.63) is 40.4 Å². The monoisotopic (exact) mass is 383 g/mol. The van der Waals surface area contributed by atoms with Gasteiger partial charge in [-0.05, 0) is 51.2 Å². The summed E-state index contributed by atoms with van der Waals surface area (Å²) in [6.07, 6.45) is 5.19. The number of carbonyl (C=O) groups excluding carboxylic acids is 1. The molecular weight excluding hydrogens is 350 g/mol. The fraction of sp³-hybridized carbons (Fsp3) is 0.609. The number of para-hydroxylation sites is 1. The van der Waals surface area contributed by atoms with Crippen molar-refractivity contribution in [3.63, 3.8) is 0 Å². The van der Waals surface area contributed by atoms with E-state index in [9.17, 15) is 9.59 Å². The van der Waals surface area contributed by atoms with Gasteiger partial charge in [-0.25, -0.2) is 4.98 Å². The molecule has 5 heteroatoms. The summed E-state index contributed by atoms with van der Waals surface area (Å²) < 4.78 is 1.73. The van der Waals surface area contributed by atoms with Gasteiger partial charge in [0.05, 0.1) is 16.9 Å². The summed E-state index contributed by atoms with van der Waals surface area (Å²) in [7, 11) is 0. The zero-order valence-corrected chi connectivity index (χ0v) is 17.6. The van der Waals surface area contributed by atoms with Crippen LogP contribution >= 0.6 is 0 Å². The van der Waals surface area contributed by atoms with Gasteiger partial charge in [-0.3, -0.25) is 14.2 Å². The SMILES string of the molecule is CCn1c(C(C)N(CCC(C)C)C(=O)C2CCCC2)nc2ccccc2c1=O. The lowest BCUT2D eigenvalue weighted by molar-refractivity contribution is -0.138. The first-order valence-corrected chi connectivity index (χ1v) is 10.7. The molecule has 3 rings (SSSR count). The van der Waals surface area contributed by atoms with Crippen molar-refractivity contribution in [3.8, 4) is 0 Å². The maximum absolute atomic E-state index is 13.3. The van der Waals surface area contributed by atoms with E-state index in [1.54, 1.807) is 4.57 Å². The minimum atomic E-state index is -0.218. The molecule has 0 spiro atoms. The Hall–Kier alpha value is -2.17. The van der Waals surface area contributed by atoms with Crippen LogP contribution < -0.4 is 5.56 Å². The standard InChI is InChI=1S/C23H33N3O2/c1-5-25-21(24-20-13-9-8-12-19(20)23(25)28)17(4)26(15-14-16(2)3)22(27)18-10-6-7-11-18/h8-9,12-13,16-18H,5-7,10-11,14-15H2,1-4H3. The maximum Gasteiger partial charge on any atom is 0.261 e. The number of amides is 1. The predicted octanol–water partition coefficient (Wildman–Crippen LogP) is 4.54. The molecule has 2 aromatic rings. The van der Waals surface area contributed by atoms with Gasteiger partial charge in [0.1, 0.15) is 5.82 Å². The highest BCUT2D eigenvalue weighted by atomic mass is 16.2. The molecule has 1 aliphatic carbocycles. The Morgan fingerprint density at radius 3 is 2.54 bits per heavy atom. The summed E-state index contributed by atoms with van der Waals surface area (Å²) in [6, 6.07) is 7.26. The molecule has 1 saturated carbocycles. The molecule has 0 N–H and O–H groups in total. The quantitative estimate of drug-likeness (QED) is 0.705. The third-order valence-corrected chi connectivity index (χ3v) is 5.98. The van der Waals surface area contributed by atoms with Gasteiger partial charge in [-0.2, -0.15) is 0 Å². The summed E-state index contributed by atoms with van der Waals surface area (Å²) in [4.78, 5) is 33.2. The normalized spacial score (nSPS) is 16.0. The number of rotatable bonds is 7. The number of benzene rings is 1. The average molecular weight is 384 g/mol. The molecule has 1 aromatic carbocycles. The van der Waals surface area contributed by atoms with Crippen molar-refractivity contribution in [2.24, 2.45) is 11.8 Å². The molecule has 5 nitrogen and oxygen atoms in total. The largest absolute Gasteiger partial charge is 0.333 e. The second-order valence-corrected chi connectivity index (χ2v) is 8.41. The smallest absolute Gasteiger partial charge is 0.261 e. The Kier molecular flexibility index (Phi) is 6.53. The van der Waals surface area contributed by atoms with Crippen molar-refractivity contribution in [2.45, 2.75) is 72.4 Å². The third kappa shape index (κ3) is 4.13. The Labute approximate surface area is 167 Å². The van der Waals surface area contributed by atoms with Gasteiger partial charge in [0, 0.05) is 19.0 Å². The van der Waals surface area contributed by atoms with Crippen LogP contribution in [-0.4, -0.2) is 26.9 Å². The number of aromatic nitrogens is 2. The lowest BCUT2D eigenvalue weighted by Gasteiger charge is -2.33. The van der Waals surface area contributed by atoms with E-state index in [4.69, 9.17) is 4.98 Å².